The molecule has 3 N–H and O–H groups in total. The van der Waals surface area contributed by atoms with Gasteiger partial charge in [-0.15, -0.1) is 0 Å². The number of aromatic hydroxyl groups is 1. The molecule has 3 heteroatoms. The predicted molar refractivity (Wildman–Crippen MR) is 91.8 cm³/mol. The van der Waals surface area contributed by atoms with Gasteiger partial charge >= 0.3 is 0 Å². The third-order valence-corrected chi connectivity index (χ3v) is 6.84. The van der Waals surface area contributed by atoms with Crippen LogP contribution < -0.4 is 0 Å². The van der Waals surface area contributed by atoms with E-state index in [1.54, 1.807) is 0 Å². The summed E-state index contributed by atoms with van der Waals surface area (Å²) in [6, 6.07) is 4.25. The normalized spacial score (nSPS) is 36.7. The Labute approximate surface area is 139 Å². The maximum absolute atomic E-state index is 10.8. The molecule has 0 spiro atoms. The van der Waals surface area contributed by atoms with E-state index in [1.165, 1.54) is 5.56 Å². The van der Waals surface area contributed by atoms with Gasteiger partial charge in [-0.1, -0.05) is 39.8 Å². The molecular formula is C20H30O3. The van der Waals surface area contributed by atoms with Crippen LogP contribution >= 0.6 is 0 Å². The molecule has 1 fully saturated rings. The van der Waals surface area contributed by atoms with Crippen LogP contribution in [0.3, 0.4) is 0 Å². The van der Waals surface area contributed by atoms with Gasteiger partial charge in [-0.3, -0.25) is 0 Å². The predicted octanol–water partition coefficient (Wildman–Crippen LogP) is 3.49. The standard InChI is InChI=1S/C20H30O3/c1-12(2)13-5-7-15-14(18(13)23)6-8-16-19(15,3)10-9-17(22)20(16,4)11-21/h5,7,12,16-17,21-23H,6,8-11H2,1-4H3. The first-order valence-electron chi connectivity index (χ1n) is 8.90. The van der Waals surface area contributed by atoms with Gasteiger partial charge in [0.2, 0.25) is 0 Å². The maximum atomic E-state index is 10.8. The van der Waals surface area contributed by atoms with Crippen molar-refractivity contribution >= 4 is 0 Å². The zero-order valence-corrected chi connectivity index (χ0v) is 14.8. The van der Waals surface area contributed by atoms with Crippen LogP contribution in [-0.2, 0) is 11.8 Å². The summed E-state index contributed by atoms with van der Waals surface area (Å²) >= 11 is 0. The average molecular weight is 318 g/mol. The van der Waals surface area contributed by atoms with Crippen molar-refractivity contribution in [1.82, 2.24) is 0 Å². The van der Waals surface area contributed by atoms with Gasteiger partial charge in [-0.05, 0) is 59.6 Å². The number of hydrogen-bond donors (Lipinski definition) is 3. The Kier molecular flexibility index (Phi) is 4.01. The maximum Gasteiger partial charge on any atom is 0.122 e. The fourth-order valence-corrected chi connectivity index (χ4v) is 5.28. The molecule has 3 nitrogen and oxygen atoms in total. The van der Waals surface area contributed by atoms with Gasteiger partial charge < -0.3 is 15.3 Å². The molecule has 2 aliphatic rings. The molecule has 2 aliphatic carbocycles. The second-order valence-corrected chi connectivity index (χ2v) is 8.41. The van der Waals surface area contributed by atoms with E-state index in [0.29, 0.717) is 18.1 Å². The number of rotatable bonds is 2. The Morgan fingerprint density at radius 2 is 1.91 bits per heavy atom. The quantitative estimate of drug-likeness (QED) is 0.782. The van der Waals surface area contributed by atoms with Crippen LogP contribution in [0.5, 0.6) is 5.75 Å². The second-order valence-electron chi connectivity index (χ2n) is 8.41. The minimum Gasteiger partial charge on any atom is -0.507 e. The molecule has 0 aliphatic heterocycles. The molecule has 128 valence electrons. The topological polar surface area (TPSA) is 60.7 Å². The van der Waals surface area contributed by atoms with E-state index in [2.05, 4.69) is 32.9 Å². The Morgan fingerprint density at radius 3 is 2.52 bits per heavy atom. The molecule has 1 saturated carbocycles. The van der Waals surface area contributed by atoms with Gasteiger partial charge in [0.15, 0.2) is 0 Å². The highest BCUT2D eigenvalue weighted by molar-refractivity contribution is 5.51. The summed E-state index contributed by atoms with van der Waals surface area (Å²) in [5.41, 5.74) is 2.79. The molecule has 0 amide bonds. The van der Waals surface area contributed by atoms with Crippen LogP contribution in [0.25, 0.3) is 0 Å². The van der Waals surface area contributed by atoms with Crippen LogP contribution in [0.1, 0.15) is 69.6 Å². The highest BCUT2D eigenvalue weighted by atomic mass is 16.3. The summed E-state index contributed by atoms with van der Waals surface area (Å²) < 4.78 is 0. The van der Waals surface area contributed by atoms with Crippen LogP contribution in [0, 0.1) is 11.3 Å². The summed E-state index contributed by atoms with van der Waals surface area (Å²) in [6.45, 7) is 8.50. The van der Waals surface area contributed by atoms with E-state index < -0.39 is 11.5 Å². The lowest BCUT2D eigenvalue weighted by Gasteiger charge is -2.57. The molecule has 0 radical (unpaired) electrons. The molecule has 23 heavy (non-hydrogen) atoms. The lowest BCUT2D eigenvalue weighted by Crippen LogP contribution is -2.56. The third-order valence-electron chi connectivity index (χ3n) is 6.84. The van der Waals surface area contributed by atoms with Crippen molar-refractivity contribution in [3.05, 3.63) is 28.8 Å². The highest BCUT2D eigenvalue weighted by Crippen LogP contribution is 2.58. The summed E-state index contributed by atoms with van der Waals surface area (Å²) in [5, 5.41) is 31.2. The number of hydrogen-bond acceptors (Lipinski definition) is 3. The monoisotopic (exact) mass is 318 g/mol. The van der Waals surface area contributed by atoms with Crippen LogP contribution in [0.2, 0.25) is 0 Å². The second kappa shape index (κ2) is 5.49. The molecule has 0 heterocycles. The molecule has 0 aromatic heterocycles. The SMILES string of the molecule is CC(C)c1ccc2c(c1O)CCC1C2(C)CCC(O)C1(C)CO. The van der Waals surface area contributed by atoms with Crippen molar-refractivity contribution < 1.29 is 15.3 Å². The van der Waals surface area contributed by atoms with Crippen molar-refractivity contribution in [3.63, 3.8) is 0 Å². The molecule has 0 bridgehead atoms. The van der Waals surface area contributed by atoms with Gasteiger partial charge in [0.25, 0.3) is 0 Å². The lowest BCUT2D eigenvalue weighted by atomic mass is 9.49. The van der Waals surface area contributed by atoms with Gasteiger partial charge in [0.1, 0.15) is 5.75 Å². The number of fused-ring (bicyclic) bond motifs is 3. The van der Waals surface area contributed by atoms with Crippen molar-refractivity contribution in [3.8, 4) is 5.75 Å². The van der Waals surface area contributed by atoms with Crippen LogP contribution in [0.15, 0.2) is 12.1 Å². The highest BCUT2D eigenvalue weighted by Gasteiger charge is 2.55. The first-order valence-corrected chi connectivity index (χ1v) is 8.90. The van der Waals surface area contributed by atoms with Crippen molar-refractivity contribution in [2.45, 2.75) is 70.8 Å². The first-order chi connectivity index (χ1) is 10.8. The molecule has 4 unspecified atom stereocenters. The van der Waals surface area contributed by atoms with Gasteiger partial charge in [0.05, 0.1) is 12.7 Å². The Hall–Kier alpha value is -1.06. The average Bonchev–Trinajstić information content (AvgIpc) is 2.51. The van der Waals surface area contributed by atoms with Gasteiger partial charge in [0, 0.05) is 5.41 Å². The largest absolute Gasteiger partial charge is 0.507 e. The summed E-state index contributed by atoms with van der Waals surface area (Å²) in [7, 11) is 0. The van der Waals surface area contributed by atoms with E-state index in [0.717, 1.165) is 30.4 Å². The molecule has 1 aromatic rings. The van der Waals surface area contributed by atoms with E-state index in [9.17, 15) is 15.3 Å². The van der Waals surface area contributed by atoms with E-state index >= 15 is 0 Å². The van der Waals surface area contributed by atoms with E-state index in [4.69, 9.17) is 0 Å². The Balaban J connectivity index is 2.12. The number of phenolic OH excluding ortho intramolecular Hbond substituents is 1. The van der Waals surface area contributed by atoms with E-state index in [-0.39, 0.29) is 17.9 Å². The fourth-order valence-electron chi connectivity index (χ4n) is 5.28. The zero-order chi connectivity index (χ0) is 17.0. The summed E-state index contributed by atoms with van der Waals surface area (Å²) in [5.74, 6) is 1.01. The van der Waals surface area contributed by atoms with Gasteiger partial charge in [-0.25, -0.2) is 0 Å². The molecule has 1 aromatic carbocycles. The number of aliphatic hydroxyl groups excluding tert-OH is 2. The minimum absolute atomic E-state index is 0.0137. The van der Waals surface area contributed by atoms with Crippen LogP contribution in [0.4, 0.5) is 0 Å². The van der Waals surface area contributed by atoms with Gasteiger partial charge in [-0.2, -0.15) is 0 Å². The number of phenols is 1. The first kappa shape index (κ1) is 16.8. The van der Waals surface area contributed by atoms with Crippen molar-refractivity contribution in [2.75, 3.05) is 6.61 Å². The van der Waals surface area contributed by atoms with Crippen molar-refractivity contribution in [2.24, 2.45) is 11.3 Å². The van der Waals surface area contributed by atoms with E-state index in [1.807, 2.05) is 6.92 Å². The zero-order valence-electron chi connectivity index (χ0n) is 14.8. The Bertz CT molecular complexity index is 609. The molecule has 0 saturated heterocycles. The Morgan fingerprint density at radius 1 is 1.22 bits per heavy atom. The summed E-state index contributed by atoms with van der Waals surface area (Å²) in [6.07, 6.45) is 2.89. The molecule has 3 rings (SSSR count). The molecular weight excluding hydrogens is 288 g/mol. The lowest BCUT2D eigenvalue weighted by molar-refractivity contribution is -0.110. The summed E-state index contributed by atoms with van der Waals surface area (Å²) in [4.78, 5) is 0. The fraction of sp³-hybridized carbons (Fsp3) is 0.700. The smallest absolute Gasteiger partial charge is 0.122 e. The number of aliphatic hydroxyl groups is 2. The number of benzene rings is 1. The molecule has 4 atom stereocenters. The van der Waals surface area contributed by atoms with Crippen LogP contribution in [-0.4, -0.2) is 28.0 Å². The third kappa shape index (κ3) is 2.24. The minimum atomic E-state index is -0.461. The van der Waals surface area contributed by atoms with Crippen molar-refractivity contribution in [1.29, 1.82) is 0 Å².